The number of hydrogen-bond acceptors (Lipinski definition) is 4. The molecule has 0 spiro atoms. The molecular weight excluding hydrogens is 244 g/mol. The lowest BCUT2D eigenvalue weighted by Gasteiger charge is -2.10. The number of ether oxygens (including phenoxy) is 3. The highest BCUT2D eigenvalue weighted by Crippen LogP contribution is 2.34. The van der Waals surface area contributed by atoms with Crippen molar-refractivity contribution in [2.24, 2.45) is 0 Å². The van der Waals surface area contributed by atoms with Gasteiger partial charge in [0.05, 0.1) is 14.2 Å². The topological polar surface area (TPSA) is 44.8 Å². The fourth-order valence-corrected chi connectivity index (χ4v) is 1.40. The van der Waals surface area contributed by atoms with Crippen molar-refractivity contribution < 1.29 is 19.0 Å². The Bertz CT molecular complexity index is 485. The van der Waals surface area contributed by atoms with E-state index in [9.17, 15) is 4.79 Å². The predicted molar refractivity (Wildman–Crippen MR) is 63.4 cm³/mol. The van der Waals surface area contributed by atoms with E-state index in [1.54, 1.807) is 6.92 Å². The Morgan fingerprint density at radius 1 is 1.35 bits per heavy atom. The second-order valence-corrected chi connectivity index (χ2v) is 3.37. The largest absolute Gasteiger partial charge is 0.493 e. The first kappa shape index (κ1) is 13.2. The fourth-order valence-electron chi connectivity index (χ4n) is 1.19. The molecule has 90 valence electrons. The monoisotopic (exact) mass is 254 g/mol. The molecule has 0 heterocycles. The van der Waals surface area contributed by atoms with Crippen molar-refractivity contribution in [2.45, 2.75) is 6.92 Å². The van der Waals surface area contributed by atoms with E-state index in [2.05, 4.69) is 16.8 Å². The number of carbonyl (C=O) groups is 1. The number of rotatable bonds is 3. The number of halogens is 1. The maximum absolute atomic E-state index is 11.6. The first-order chi connectivity index (χ1) is 8.13. The molecular formula is C12H11ClO4. The Morgan fingerprint density at radius 3 is 2.59 bits per heavy atom. The van der Waals surface area contributed by atoms with E-state index in [1.165, 1.54) is 26.4 Å². The summed E-state index contributed by atoms with van der Waals surface area (Å²) in [6.45, 7) is 1.61. The average Bonchev–Trinajstić information content (AvgIpc) is 2.35. The number of esters is 1. The molecule has 0 aliphatic rings. The van der Waals surface area contributed by atoms with Crippen LogP contribution in [0.25, 0.3) is 0 Å². The van der Waals surface area contributed by atoms with Gasteiger partial charge in [-0.2, -0.15) is 0 Å². The lowest BCUT2D eigenvalue weighted by molar-refractivity contribution is 0.0597. The van der Waals surface area contributed by atoms with Gasteiger partial charge in [0.1, 0.15) is 11.7 Å². The standard InChI is InChI=1S/C12H11ClO4/c1-4-5-17-11-9(12(14)16-3)6-8(13)7-10(11)15-2/h6-7H,1-3H3. The molecule has 0 aliphatic heterocycles. The van der Waals surface area contributed by atoms with Crippen LogP contribution in [0.5, 0.6) is 11.5 Å². The maximum Gasteiger partial charge on any atom is 0.341 e. The average molecular weight is 255 g/mol. The molecule has 0 radical (unpaired) electrons. The zero-order valence-electron chi connectivity index (χ0n) is 9.67. The van der Waals surface area contributed by atoms with Crippen molar-refractivity contribution in [3.8, 4) is 23.5 Å². The quantitative estimate of drug-likeness (QED) is 0.614. The third-order valence-electron chi connectivity index (χ3n) is 1.90. The van der Waals surface area contributed by atoms with Crippen molar-refractivity contribution >= 4 is 17.6 Å². The van der Waals surface area contributed by atoms with Gasteiger partial charge in [-0.3, -0.25) is 0 Å². The van der Waals surface area contributed by atoms with Gasteiger partial charge in [-0.05, 0) is 6.07 Å². The van der Waals surface area contributed by atoms with Gasteiger partial charge in [0.2, 0.25) is 0 Å². The van der Waals surface area contributed by atoms with Gasteiger partial charge < -0.3 is 14.2 Å². The molecule has 0 saturated carbocycles. The Hall–Kier alpha value is -1.86. The minimum Gasteiger partial charge on any atom is -0.493 e. The molecule has 0 amide bonds. The molecule has 17 heavy (non-hydrogen) atoms. The number of hydrogen-bond donors (Lipinski definition) is 0. The Morgan fingerprint density at radius 2 is 2.06 bits per heavy atom. The second kappa shape index (κ2) is 6.02. The summed E-state index contributed by atoms with van der Waals surface area (Å²) >= 11 is 5.86. The summed E-state index contributed by atoms with van der Waals surface area (Å²) in [6.07, 6.45) is 2.40. The molecule has 4 nitrogen and oxygen atoms in total. The van der Waals surface area contributed by atoms with Gasteiger partial charge in [-0.1, -0.05) is 17.5 Å². The van der Waals surface area contributed by atoms with Crippen LogP contribution in [0.15, 0.2) is 12.1 Å². The minimum absolute atomic E-state index is 0.166. The molecule has 0 aliphatic carbocycles. The van der Waals surface area contributed by atoms with Crippen molar-refractivity contribution in [3.05, 3.63) is 22.7 Å². The van der Waals surface area contributed by atoms with Crippen LogP contribution in [0.4, 0.5) is 0 Å². The molecule has 0 saturated heterocycles. The molecule has 1 aromatic carbocycles. The van der Waals surface area contributed by atoms with Crippen LogP contribution >= 0.6 is 11.6 Å². The normalized spacial score (nSPS) is 8.94. The van der Waals surface area contributed by atoms with E-state index in [-0.39, 0.29) is 11.3 Å². The summed E-state index contributed by atoms with van der Waals surface area (Å²) in [5, 5.41) is 0.346. The van der Waals surface area contributed by atoms with Gasteiger partial charge in [-0.25, -0.2) is 4.79 Å². The molecule has 0 fully saturated rings. The molecule has 0 aromatic heterocycles. The maximum atomic E-state index is 11.6. The van der Waals surface area contributed by atoms with Gasteiger partial charge in [-0.15, -0.1) is 0 Å². The van der Waals surface area contributed by atoms with E-state index in [1.807, 2.05) is 0 Å². The Kier molecular flexibility index (Phi) is 4.68. The number of carbonyl (C=O) groups excluding carboxylic acids is 1. The van der Waals surface area contributed by atoms with Crippen molar-refractivity contribution in [2.75, 3.05) is 14.2 Å². The van der Waals surface area contributed by atoms with Gasteiger partial charge >= 0.3 is 5.97 Å². The van der Waals surface area contributed by atoms with E-state index in [0.29, 0.717) is 10.8 Å². The first-order valence-corrected chi connectivity index (χ1v) is 5.06. The molecule has 0 N–H and O–H groups in total. The van der Waals surface area contributed by atoms with Crippen LogP contribution in [-0.4, -0.2) is 20.2 Å². The van der Waals surface area contributed by atoms with E-state index in [4.69, 9.17) is 21.1 Å². The van der Waals surface area contributed by atoms with Crippen molar-refractivity contribution in [1.82, 2.24) is 0 Å². The number of methoxy groups -OCH3 is 2. The predicted octanol–water partition coefficient (Wildman–Crippen LogP) is 2.49. The summed E-state index contributed by atoms with van der Waals surface area (Å²) in [5.41, 5.74) is 0.166. The van der Waals surface area contributed by atoms with Crippen LogP contribution < -0.4 is 9.47 Å². The van der Waals surface area contributed by atoms with Crippen LogP contribution in [0.1, 0.15) is 17.3 Å². The van der Waals surface area contributed by atoms with Crippen molar-refractivity contribution in [1.29, 1.82) is 0 Å². The van der Waals surface area contributed by atoms with Crippen LogP contribution in [-0.2, 0) is 4.74 Å². The minimum atomic E-state index is -0.571. The number of benzene rings is 1. The van der Waals surface area contributed by atoms with E-state index in [0.717, 1.165) is 0 Å². The van der Waals surface area contributed by atoms with E-state index < -0.39 is 5.97 Å². The second-order valence-electron chi connectivity index (χ2n) is 2.93. The lowest BCUT2D eigenvalue weighted by atomic mass is 10.2. The SMILES string of the molecule is CC#COc1c(OC)cc(Cl)cc1C(=O)OC. The van der Waals surface area contributed by atoms with Gasteiger partial charge in [0.15, 0.2) is 11.5 Å². The van der Waals surface area contributed by atoms with Crippen LogP contribution in [0, 0.1) is 12.0 Å². The smallest absolute Gasteiger partial charge is 0.341 e. The first-order valence-electron chi connectivity index (χ1n) is 4.68. The molecule has 1 aromatic rings. The molecule has 0 atom stereocenters. The van der Waals surface area contributed by atoms with Gasteiger partial charge in [0, 0.05) is 18.0 Å². The third kappa shape index (κ3) is 3.05. The highest BCUT2D eigenvalue weighted by molar-refractivity contribution is 6.31. The lowest BCUT2D eigenvalue weighted by Crippen LogP contribution is -2.05. The van der Waals surface area contributed by atoms with Crippen LogP contribution in [0.3, 0.4) is 0 Å². The molecule has 1 rings (SSSR count). The summed E-state index contributed by atoms with van der Waals surface area (Å²) in [7, 11) is 2.71. The van der Waals surface area contributed by atoms with Gasteiger partial charge in [0.25, 0.3) is 0 Å². The zero-order valence-corrected chi connectivity index (χ0v) is 10.4. The summed E-state index contributed by atoms with van der Waals surface area (Å²) < 4.78 is 14.8. The Labute approximate surface area is 104 Å². The van der Waals surface area contributed by atoms with Crippen molar-refractivity contribution in [3.63, 3.8) is 0 Å². The Balaban J connectivity index is 3.36. The van der Waals surface area contributed by atoms with Crippen LogP contribution in [0.2, 0.25) is 5.02 Å². The molecule has 5 heteroatoms. The molecule has 0 bridgehead atoms. The summed E-state index contributed by atoms with van der Waals surface area (Å²) in [5.74, 6) is 2.50. The fraction of sp³-hybridized carbons (Fsp3) is 0.250. The van der Waals surface area contributed by atoms with E-state index >= 15 is 0 Å². The summed E-state index contributed by atoms with van der Waals surface area (Å²) in [4.78, 5) is 11.6. The highest BCUT2D eigenvalue weighted by Gasteiger charge is 2.19. The zero-order chi connectivity index (χ0) is 12.8. The third-order valence-corrected chi connectivity index (χ3v) is 2.12. The summed E-state index contributed by atoms with van der Waals surface area (Å²) in [6, 6.07) is 2.96. The highest BCUT2D eigenvalue weighted by atomic mass is 35.5. The molecule has 0 unspecified atom stereocenters.